The topological polar surface area (TPSA) is 56.7 Å². The normalized spacial score (nSPS) is 14.4. The number of fused-ring (bicyclic) bond motifs is 6. The highest BCUT2D eigenvalue weighted by atomic mass is 16.3. The first kappa shape index (κ1) is 19.8. The third kappa shape index (κ3) is 4.52. The summed E-state index contributed by atoms with van der Waals surface area (Å²) < 4.78 is 93.1. The second-order valence-electron chi connectivity index (χ2n) is 11.7. The van der Waals surface area contributed by atoms with Gasteiger partial charge in [-0.25, -0.2) is 15.0 Å². The van der Waals surface area contributed by atoms with E-state index in [0.29, 0.717) is 11.1 Å². The van der Waals surface area contributed by atoms with E-state index in [1.54, 1.807) is 6.07 Å². The van der Waals surface area contributed by atoms with Gasteiger partial charge in [-0.2, -0.15) is 0 Å². The molecule has 0 spiro atoms. The Kier molecular flexibility index (Phi) is 4.52. The van der Waals surface area contributed by atoms with E-state index in [4.69, 9.17) is 18.1 Å². The van der Waals surface area contributed by atoms with E-state index in [1.807, 2.05) is 78.9 Å². The molecule has 7 aromatic carbocycles. The van der Waals surface area contributed by atoms with E-state index in [0.717, 1.165) is 55.0 Å². The Hall–Kier alpha value is -6.85. The van der Waals surface area contributed by atoms with Crippen LogP contribution in [0.25, 0.3) is 94.7 Å². The first-order valence-corrected chi connectivity index (χ1v) is 15.9. The first-order valence-electron chi connectivity index (χ1n) is 20.9. The molecular formula is C45H28N4O. The molecule has 3 heterocycles. The summed E-state index contributed by atoms with van der Waals surface area (Å²) in [4.78, 5) is 13.7. The molecule has 0 amide bonds. The van der Waals surface area contributed by atoms with Crippen LogP contribution in [0.1, 0.15) is 13.7 Å². The average Bonchev–Trinajstić information content (AvgIpc) is 3.82. The number of rotatable bonds is 5. The van der Waals surface area contributed by atoms with Crippen LogP contribution in [0.3, 0.4) is 0 Å². The maximum atomic E-state index is 8.69. The minimum absolute atomic E-state index is 0.0137. The molecule has 0 fully saturated rings. The van der Waals surface area contributed by atoms with Crippen LogP contribution in [0.2, 0.25) is 0 Å². The van der Waals surface area contributed by atoms with Crippen molar-refractivity contribution in [1.29, 1.82) is 0 Å². The number of aromatic nitrogens is 4. The van der Waals surface area contributed by atoms with Gasteiger partial charge in [0.2, 0.25) is 0 Å². The summed E-state index contributed by atoms with van der Waals surface area (Å²) in [5.41, 5.74) is 5.88. The van der Waals surface area contributed by atoms with Crippen molar-refractivity contribution in [3.05, 3.63) is 170 Å². The lowest BCUT2D eigenvalue weighted by Gasteiger charge is -2.10. The fourth-order valence-electron chi connectivity index (χ4n) is 6.69. The predicted molar refractivity (Wildman–Crippen MR) is 203 cm³/mol. The van der Waals surface area contributed by atoms with Gasteiger partial charge in [0.15, 0.2) is 23.1 Å². The summed E-state index contributed by atoms with van der Waals surface area (Å²) in [5.74, 6) is -0.666. The molecule has 0 saturated carbocycles. The SMILES string of the molecule is [2H]c1c([2H])c([2H])c(-c2nc(-c3ccc4c(c3)c3ccccc3n4-c3cccc4c3oc3cccc(-c5ccccc5)c34)nc(-c3c([2H])c([2H])c([2H])c([2H])c3[2H])n2)c([2H])c1[2H]. The summed E-state index contributed by atoms with van der Waals surface area (Å²) in [5, 5.41) is 3.65. The molecule has 0 bridgehead atoms. The van der Waals surface area contributed by atoms with Gasteiger partial charge in [-0.3, -0.25) is 0 Å². The monoisotopic (exact) mass is 650 g/mol. The van der Waals surface area contributed by atoms with Crippen LogP contribution in [0.15, 0.2) is 174 Å². The molecule has 0 N–H and O–H groups in total. The van der Waals surface area contributed by atoms with Gasteiger partial charge >= 0.3 is 0 Å². The first-order chi connectivity index (χ1) is 28.9. The van der Waals surface area contributed by atoms with E-state index in [2.05, 4.69) is 43.8 Å². The van der Waals surface area contributed by atoms with Gasteiger partial charge in [0.1, 0.15) is 5.58 Å². The lowest BCUT2D eigenvalue weighted by atomic mass is 9.99. The highest BCUT2D eigenvalue weighted by Gasteiger charge is 2.20. The van der Waals surface area contributed by atoms with Gasteiger partial charge < -0.3 is 8.98 Å². The predicted octanol–water partition coefficient (Wildman–Crippen LogP) is 11.5. The molecule has 0 radical (unpaired) electrons. The fourth-order valence-corrected chi connectivity index (χ4v) is 6.69. The van der Waals surface area contributed by atoms with E-state index in [9.17, 15) is 0 Å². The van der Waals surface area contributed by atoms with Crippen molar-refractivity contribution in [2.75, 3.05) is 0 Å². The quantitative estimate of drug-likeness (QED) is 0.186. The van der Waals surface area contributed by atoms with Gasteiger partial charge in [0, 0.05) is 38.2 Å². The average molecular weight is 651 g/mol. The third-order valence-corrected chi connectivity index (χ3v) is 8.84. The molecule has 5 nitrogen and oxygen atoms in total. The molecule has 50 heavy (non-hydrogen) atoms. The molecular weight excluding hydrogens is 613 g/mol. The van der Waals surface area contributed by atoms with E-state index < -0.39 is 60.4 Å². The summed E-state index contributed by atoms with van der Waals surface area (Å²) in [7, 11) is 0. The van der Waals surface area contributed by atoms with Crippen LogP contribution >= 0.6 is 0 Å². The summed E-state index contributed by atoms with van der Waals surface area (Å²) in [6.45, 7) is 0. The summed E-state index contributed by atoms with van der Waals surface area (Å²) in [6, 6.07) is 29.8. The van der Waals surface area contributed by atoms with Crippen molar-refractivity contribution in [1.82, 2.24) is 19.5 Å². The Morgan fingerprint density at radius 3 is 1.84 bits per heavy atom. The van der Waals surface area contributed by atoms with E-state index >= 15 is 0 Å². The maximum absolute atomic E-state index is 8.69. The van der Waals surface area contributed by atoms with Crippen molar-refractivity contribution in [3.63, 3.8) is 0 Å². The number of hydrogen-bond donors (Lipinski definition) is 0. The number of furan rings is 1. The Morgan fingerprint density at radius 1 is 0.480 bits per heavy atom. The molecule has 0 saturated heterocycles. The molecule has 234 valence electrons. The molecule has 0 atom stereocenters. The second-order valence-corrected chi connectivity index (χ2v) is 11.7. The minimum atomic E-state index is -0.609. The Bertz CT molecular complexity index is 3310. The highest BCUT2D eigenvalue weighted by Crippen LogP contribution is 2.41. The largest absolute Gasteiger partial charge is 0.454 e. The number of hydrogen-bond acceptors (Lipinski definition) is 4. The van der Waals surface area contributed by atoms with Gasteiger partial charge in [0.05, 0.1) is 30.4 Å². The van der Waals surface area contributed by atoms with Crippen LogP contribution in [0.4, 0.5) is 0 Å². The van der Waals surface area contributed by atoms with Gasteiger partial charge in [-0.05, 0) is 47.5 Å². The van der Waals surface area contributed by atoms with Gasteiger partial charge in [-0.1, -0.05) is 133 Å². The molecule has 3 aromatic heterocycles. The smallest absolute Gasteiger partial charge is 0.164 e. The highest BCUT2D eigenvalue weighted by molar-refractivity contribution is 6.16. The molecule has 0 aliphatic heterocycles. The zero-order valence-electron chi connectivity index (χ0n) is 36.1. The van der Waals surface area contributed by atoms with Gasteiger partial charge in [-0.15, -0.1) is 0 Å². The Morgan fingerprint density at radius 2 is 1.10 bits per heavy atom. The molecule has 0 unspecified atom stereocenters. The lowest BCUT2D eigenvalue weighted by molar-refractivity contribution is 0.666. The summed E-state index contributed by atoms with van der Waals surface area (Å²) >= 11 is 0. The lowest BCUT2D eigenvalue weighted by Crippen LogP contribution is -2.00. The number of para-hydroxylation sites is 2. The van der Waals surface area contributed by atoms with Crippen molar-refractivity contribution < 1.29 is 18.1 Å². The van der Waals surface area contributed by atoms with Crippen LogP contribution in [-0.2, 0) is 0 Å². The molecule has 0 aliphatic rings. The molecule has 10 aromatic rings. The number of benzene rings is 7. The minimum Gasteiger partial charge on any atom is -0.454 e. The van der Waals surface area contributed by atoms with Crippen molar-refractivity contribution >= 4 is 43.7 Å². The van der Waals surface area contributed by atoms with Crippen LogP contribution in [-0.4, -0.2) is 19.5 Å². The van der Waals surface area contributed by atoms with Crippen LogP contribution < -0.4 is 0 Å². The van der Waals surface area contributed by atoms with Crippen LogP contribution in [0.5, 0.6) is 0 Å². The molecule has 10 rings (SSSR count). The van der Waals surface area contributed by atoms with Crippen molar-refractivity contribution in [3.8, 4) is 51.0 Å². The Labute approximate surface area is 301 Å². The molecule has 0 aliphatic carbocycles. The summed E-state index contributed by atoms with van der Waals surface area (Å²) in [6.07, 6.45) is 0. The zero-order chi connectivity index (χ0) is 41.7. The van der Waals surface area contributed by atoms with Crippen molar-refractivity contribution in [2.24, 2.45) is 0 Å². The van der Waals surface area contributed by atoms with Gasteiger partial charge in [0.25, 0.3) is 0 Å². The third-order valence-electron chi connectivity index (χ3n) is 8.84. The fraction of sp³-hybridized carbons (Fsp3) is 0. The van der Waals surface area contributed by atoms with Crippen LogP contribution in [0, 0.1) is 0 Å². The maximum Gasteiger partial charge on any atom is 0.164 e. The molecule has 5 heteroatoms. The van der Waals surface area contributed by atoms with Crippen molar-refractivity contribution in [2.45, 2.75) is 0 Å². The standard InChI is InChI=1S/C45H28N4O/c1-4-14-29(15-5-1)33-21-13-25-40-41(33)35-22-12-24-39(42(35)50-40)49-37-23-11-10-20-34(37)36-28-32(26-27-38(36)49)45-47-43(30-16-6-2-7-17-30)46-44(48-45)31-18-8-3-9-19-31/h1-28H/i2D,3D,6D,7D,8D,9D,16D,17D,18D,19D. The van der Waals surface area contributed by atoms with E-state index in [1.165, 1.54) is 0 Å². The Balaban J connectivity index is 1.22. The number of nitrogens with zero attached hydrogens (tertiary/aromatic N) is 4. The van der Waals surface area contributed by atoms with E-state index in [-0.39, 0.29) is 28.6 Å². The zero-order valence-corrected chi connectivity index (χ0v) is 26.1. The second kappa shape index (κ2) is 11.4.